The number of nitrogens with zero attached hydrogens (tertiary/aromatic N) is 1. The fourth-order valence-corrected chi connectivity index (χ4v) is 2.87. The third kappa shape index (κ3) is 1.42. The SMILES string of the molecule is NC1CCn2c(cc3c(Br)cccc32)C1. The Bertz CT molecular complexity index is 516. The molecule has 0 fully saturated rings. The molecule has 0 bridgehead atoms. The number of halogens is 1. The molecule has 2 aromatic rings. The van der Waals surface area contributed by atoms with Gasteiger partial charge in [-0.15, -0.1) is 0 Å². The number of nitrogens with two attached hydrogens (primary N) is 1. The number of hydrogen-bond donors (Lipinski definition) is 1. The Morgan fingerprint density at radius 1 is 1.40 bits per heavy atom. The molecule has 15 heavy (non-hydrogen) atoms. The number of rotatable bonds is 0. The maximum absolute atomic E-state index is 5.98. The van der Waals surface area contributed by atoms with Crippen LogP contribution in [0.3, 0.4) is 0 Å². The summed E-state index contributed by atoms with van der Waals surface area (Å²) in [5, 5.41) is 1.31. The standard InChI is InChI=1S/C12H13BrN2/c13-11-2-1-3-12-10(11)7-9-6-8(14)4-5-15(9)12/h1-3,7-8H,4-6,14H2. The highest BCUT2D eigenvalue weighted by Gasteiger charge is 2.18. The van der Waals surface area contributed by atoms with Crippen LogP contribution in [0, 0.1) is 0 Å². The average molecular weight is 265 g/mol. The molecule has 1 aliphatic rings. The lowest BCUT2D eigenvalue weighted by molar-refractivity contribution is 0.480. The molecule has 1 aliphatic heterocycles. The van der Waals surface area contributed by atoms with E-state index in [1.165, 1.54) is 21.1 Å². The molecule has 0 saturated heterocycles. The zero-order valence-electron chi connectivity index (χ0n) is 8.41. The fraction of sp³-hybridized carbons (Fsp3) is 0.333. The molecule has 2 N–H and O–H groups in total. The van der Waals surface area contributed by atoms with Gasteiger partial charge in [-0.1, -0.05) is 22.0 Å². The van der Waals surface area contributed by atoms with Crippen molar-refractivity contribution in [3.05, 3.63) is 34.4 Å². The molecule has 0 aliphatic carbocycles. The molecule has 0 amide bonds. The molecular formula is C12H13BrN2. The van der Waals surface area contributed by atoms with E-state index in [0.29, 0.717) is 6.04 Å². The van der Waals surface area contributed by atoms with Crippen LogP contribution >= 0.6 is 15.9 Å². The normalized spacial score (nSPS) is 20.5. The summed E-state index contributed by atoms with van der Waals surface area (Å²) < 4.78 is 3.57. The highest BCUT2D eigenvalue weighted by Crippen LogP contribution is 2.30. The van der Waals surface area contributed by atoms with E-state index in [-0.39, 0.29) is 0 Å². The van der Waals surface area contributed by atoms with Gasteiger partial charge in [0, 0.05) is 40.1 Å². The van der Waals surface area contributed by atoms with Crippen LogP contribution in [-0.4, -0.2) is 10.6 Å². The number of aromatic nitrogens is 1. The number of benzene rings is 1. The zero-order chi connectivity index (χ0) is 10.4. The number of hydrogen-bond acceptors (Lipinski definition) is 1. The van der Waals surface area contributed by atoms with Crippen molar-refractivity contribution in [3.63, 3.8) is 0 Å². The van der Waals surface area contributed by atoms with E-state index in [4.69, 9.17) is 5.73 Å². The largest absolute Gasteiger partial charge is 0.344 e. The minimum Gasteiger partial charge on any atom is -0.344 e. The molecule has 1 unspecified atom stereocenters. The third-order valence-electron chi connectivity index (χ3n) is 3.17. The van der Waals surface area contributed by atoms with Gasteiger partial charge in [-0.25, -0.2) is 0 Å². The first-order chi connectivity index (χ1) is 7.25. The molecule has 1 atom stereocenters. The Labute approximate surface area is 97.2 Å². The van der Waals surface area contributed by atoms with Crippen molar-refractivity contribution in [2.45, 2.75) is 25.4 Å². The van der Waals surface area contributed by atoms with Gasteiger partial charge in [-0.3, -0.25) is 0 Å². The highest BCUT2D eigenvalue weighted by atomic mass is 79.9. The van der Waals surface area contributed by atoms with E-state index >= 15 is 0 Å². The molecule has 1 aromatic heterocycles. The predicted octanol–water partition coefficient (Wildman–Crippen LogP) is 2.68. The lowest BCUT2D eigenvalue weighted by Crippen LogP contribution is -2.30. The van der Waals surface area contributed by atoms with E-state index in [1.807, 2.05) is 0 Å². The maximum Gasteiger partial charge on any atom is 0.0493 e. The smallest absolute Gasteiger partial charge is 0.0493 e. The quantitative estimate of drug-likeness (QED) is 0.780. The molecule has 0 radical (unpaired) electrons. The van der Waals surface area contributed by atoms with Crippen molar-refractivity contribution >= 4 is 26.8 Å². The van der Waals surface area contributed by atoms with Crippen LogP contribution in [-0.2, 0) is 13.0 Å². The summed E-state index contributed by atoms with van der Waals surface area (Å²) in [6, 6.07) is 8.96. The van der Waals surface area contributed by atoms with Gasteiger partial charge >= 0.3 is 0 Å². The summed E-state index contributed by atoms with van der Waals surface area (Å²) in [7, 11) is 0. The molecule has 3 heteroatoms. The fourth-order valence-electron chi connectivity index (χ4n) is 2.40. The topological polar surface area (TPSA) is 30.9 Å². The Balaban J connectivity index is 2.27. The molecular weight excluding hydrogens is 252 g/mol. The Morgan fingerprint density at radius 2 is 2.27 bits per heavy atom. The summed E-state index contributed by atoms with van der Waals surface area (Å²) >= 11 is 3.59. The van der Waals surface area contributed by atoms with Crippen molar-refractivity contribution in [2.24, 2.45) is 5.73 Å². The van der Waals surface area contributed by atoms with Gasteiger partial charge in [0.05, 0.1) is 0 Å². The second-order valence-corrected chi connectivity index (χ2v) is 5.07. The van der Waals surface area contributed by atoms with E-state index in [9.17, 15) is 0 Å². The summed E-state index contributed by atoms with van der Waals surface area (Å²) in [5.41, 5.74) is 8.68. The van der Waals surface area contributed by atoms with Crippen LogP contribution in [0.15, 0.2) is 28.7 Å². The van der Waals surface area contributed by atoms with Gasteiger partial charge in [0.15, 0.2) is 0 Å². The maximum atomic E-state index is 5.98. The van der Waals surface area contributed by atoms with Crippen molar-refractivity contribution in [1.82, 2.24) is 4.57 Å². The lowest BCUT2D eigenvalue weighted by Gasteiger charge is -2.21. The van der Waals surface area contributed by atoms with Crippen LogP contribution in [0.2, 0.25) is 0 Å². The first-order valence-corrected chi connectivity index (χ1v) is 6.07. The zero-order valence-corrected chi connectivity index (χ0v) is 10.00. The predicted molar refractivity (Wildman–Crippen MR) is 65.9 cm³/mol. The van der Waals surface area contributed by atoms with Gasteiger partial charge in [0.1, 0.15) is 0 Å². The summed E-state index contributed by atoms with van der Waals surface area (Å²) in [6.45, 7) is 1.05. The number of fused-ring (bicyclic) bond motifs is 3. The molecule has 1 aromatic carbocycles. The summed E-state index contributed by atoms with van der Waals surface area (Å²) in [6.07, 6.45) is 2.09. The van der Waals surface area contributed by atoms with Crippen molar-refractivity contribution in [3.8, 4) is 0 Å². The first-order valence-electron chi connectivity index (χ1n) is 5.28. The lowest BCUT2D eigenvalue weighted by atomic mass is 10.1. The summed E-state index contributed by atoms with van der Waals surface area (Å²) in [5.74, 6) is 0. The van der Waals surface area contributed by atoms with E-state index < -0.39 is 0 Å². The number of aryl methyl sites for hydroxylation is 1. The van der Waals surface area contributed by atoms with Gasteiger partial charge in [0.25, 0.3) is 0 Å². The van der Waals surface area contributed by atoms with Crippen LogP contribution in [0.1, 0.15) is 12.1 Å². The minimum absolute atomic E-state index is 0.334. The molecule has 2 heterocycles. The highest BCUT2D eigenvalue weighted by molar-refractivity contribution is 9.10. The third-order valence-corrected chi connectivity index (χ3v) is 3.86. The second kappa shape index (κ2) is 3.35. The Morgan fingerprint density at radius 3 is 3.13 bits per heavy atom. The second-order valence-electron chi connectivity index (χ2n) is 4.21. The van der Waals surface area contributed by atoms with Gasteiger partial charge < -0.3 is 10.3 Å². The van der Waals surface area contributed by atoms with E-state index in [0.717, 1.165) is 19.4 Å². The van der Waals surface area contributed by atoms with Crippen molar-refractivity contribution in [1.29, 1.82) is 0 Å². The van der Waals surface area contributed by atoms with E-state index in [1.54, 1.807) is 0 Å². The van der Waals surface area contributed by atoms with Gasteiger partial charge in [0.2, 0.25) is 0 Å². The molecule has 3 rings (SSSR count). The average Bonchev–Trinajstić information content (AvgIpc) is 2.57. The minimum atomic E-state index is 0.334. The molecule has 0 saturated carbocycles. The van der Waals surface area contributed by atoms with Crippen LogP contribution in [0.25, 0.3) is 10.9 Å². The Kier molecular flexibility index (Phi) is 2.11. The van der Waals surface area contributed by atoms with Crippen LogP contribution in [0.5, 0.6) is 0 Å². The van der Waals surface area contributed by atoms with Gasteiger partial charge in [-0.2, -0.15) is 0 Å². The first kappa shape index (κ1) is 9.43. The van der Waals surface area contributed by atoms with Crippen molar-refractivity contribution in [2.75, 3.05) is 0 Å². The molecule has 78 valence electrons. The monoisotopic (exact) mass is 264 g/mol. The van der Waals surface area contributed by atoms with Crippen LogP contribution in [0.4, 0.5) is 0 Å². The van der Waals surface area contributed by atoms with Gasteiger partial charge in [-0.05, 0) is 24.6 Å². The summed E-state index contributed by atoms with van der Waals surface area (Å²) in [4.78, 5) is 0. The molecule has 2 nitrogen and oxygen atoms in total. The van der Waals surface area contributed by atoms with E-state index in [2.05, 4.69) is 44.8 Å². The Hall–Kier alpha value is -0.800. The van der Waals surface area contributed by atoms with Crippen LogP contribution < -0.4 is 5.73 Å². The van der Waals surface area contributed by atoms with Crippen molar-refractivity contribution < 1.29 is 0 Å². The molecule has 0 spiro atoms.